The highest BCUT2D eigenvalue weighted by Crippen LogP contribution is 2.36. The molecule has 1 unspecified atom stereocenters. The number of ether oxygens (including phenoxy) is 1. The van der Waals surface area contributed by atoms with Crippen LogP contribution in [-0.4, -0.2) is 33.6 Å². The van der Waals surface area contributed by atoms with E-state index in [2.05, 4.69) is 41.2 Å². The fourth-order valence-corrected chi connectivity index (χ4v) is 4.84. The van der Waals surface area contributed by atoms with Crippen molar-refractivity contribution in [3.63, 3.8) is 0 Å². The van der Waals surface area contributed by atoms with Crippen molar-refractivity contribution in [1.29, 1.82) is 0 Å². The van der Waals surface area contributed by atoms with Gasteiger partial charge in [-0.1, -0.05) is 13.0 Å². The first-order valence-corrected chi connectivity index (χ1v) is 10.9. The standard InChI is InChI=1S/C23H26N2O3S/c1-4-19-13-25(15(3)21-20(28-19)6-5-8-24-21)12-18-11-17(14(2)23(26)27)10-16-7-9-29-22(16)18/h5-11,14-15,19H,4,12-13H2,1-3H3,(H,26,27)/t14?,15-,19+/m0/s1. The second kappa shape index (κ2) is 8.13. The first-order chi connectivity index (χ1) is 14.0. The lowest BCUT2D eigenvalue weighted by Crippen LogP contribution is -2.34. The molecule has 3 atom stereocenters. The van der Waals surface area contributed by atoms with Crippen LogP contribution in [0.15, 0.2) is 41.9 Å². The first kappa shape index (κ1) is 19.9. The Morgan fingerprint density at radius 1 is 1.41 bits per heavy atom. The van der Waals surface area contributed by atoms with E-state index in [1.54, 1.807) is 18.3 Å². The monoisotopic (exact) mass is 410 g/mol. The van der Waals surface area contributed by atoms with E-state index in [9.17, 15) is 9.90 Å². The van der Waals surface area contributed by atoms with E-state index >= 15 is 0 Å². The summed E-state index contributed by atoms with van der Waals surface area (Å²) in [5, 5.41) is 12.7. The van der Waals surface area contributed by atoms with Crippen molar-refractivity contribution in [3.05, 3.63) is 58.7 Å². The molecule has 6 heteroatoms. The molecule has 3 heterocycles. The van der Waals surface area contributed by atoms with Crippen LogP contribution in [0, 0.1) is 0 Å². The summed E-state index contributed by atoms with van der Waals surface area (Å²) < 4.78 is 7.45. The van der Waals surface area contributed by atoms with Gasteiger partial charge in [0.1, 0.15) is 11.9 Å². The summed E-state index contributed by atoms with van der Waals surface area (Å²) >= 11 is 1.71. The zero-order valence-electron chi connectivity index (χ0n) is 17.0. The number of hydrogen-bond acceptors (Lipinski definition) is 5. The normalized spacial score (nSPS) is 20.7. The zero-order chi connectivity index (χ0) is 20.5. The Bertz CT molecular complexity index is 1030. The van der Waals surface area contributed by atoms with Gasteiger partial charge in [0.2, 0.25) is 0 Å². The Morgan fingerprint density at radius 2 is 2.24 bits per heavy atom. The summed E-state index contributed by atoms with van der Waals surface area (Å²) in [6.45, 7) is 7.59. The number of pyridine rings is 1. The maximum Gasteiger partial charge on any atom is 0.310 e. The van der Waals surface area contributed by atoms with Gasteiger partial charge in [-0.05, 0) is 66.4 Å². The fraction of sp³-hybridized carbons (Fsp3) is 0.391. The highest BCUT2D eigenvalue weighted by atomic mass is 32.1. The average molecular weight is 411 g/mol. The molecule has 0 saturated heterocycles. The summed E-state index contributed by atoms with van der Waals surface area (Å²) in [5.74, 6) is -0.469. The first-order valence-electron chi connectivity index (χ1n) is 10.1. The maximum atomic E-state index is 11.6. The number of rotatable bonds is 5. The van der Waals surface area contributed by atoms with Crippen LogP contribution in [0.5, 0.6) is 5.75 Å². The molecule has 152 valence electrons. The van der Waals surface area contributed by atoms with Gasteiger partial charge in [-0.15, -0.1) is 11.3 Å². The third kappa shape index (κ3) is 3.87. The Labute approximate surface area is 175 Å². The molecular weight excluding hydrogens is 384 g/mol. The minimum atomic E-state index is -0.800. The number of aromatic nitrogens is 1. The number of benzene rings is 1. The van der Waals surface area contributed by atoms with Crippen LogP contribution in [0.1, 0.15) is 56.0 Å². The summed E-state index contributed by atoms with van der Waals surface area (Å²) in [4.78, 5) is 18.6. The van der Waals surface area contributed by atoms with Crippen LogP contribution in [0.2, 0.25) is 0 Å². The van der Waals surface area contributed by atoms with Crippen LogP contribution in [0.4, 0.5) is 0 Å². The molecule has 4 rings (SSSR count). The molecular formula is C23H26N2O3S. The SMILES string of the molecule is CC[C@@H]1CN(Cc2cc(C(C)C(=O)O)cc3ccsc23)[C@@H](C)c2ncccc2O1. The molecule has 0 amide bonds. The molecule has 1 aliphatic heterocycles. The van der Waals surface area contributed by atoms with Gasteiger partial charge in [-0.2, -0.15) is 0 Å². The Morgan fingerprint density at radius 3 is 3.00 bits per heavy atom. The highest BCUT2D eigenvalue weighted by molar-refractivity contribution is 7.17. The van der Waals surface area contributed by atoms with Crippen LogP contribution in [0.3, 0.4) is 0 Å². The molecule has 0 fully saturated rings. The Hall–Kier alpha value is -2.44. The molecule has 1 N–H and O–H groups in total. The number of hydrogen-bond donors (Lipinski definition) is 1. The number of thiophene rings is 1. The summed E-state index contributed by atoms with van der Waals surface area (Å²) in [6.07, 6.45) is 2.83. The van der Waals surface area contributed by atoms with E-state index in [-0.39, 0.29) is 12.1 Å². The van der Waals surface area contributed by atoms with E-state index < -0.39 is 11.9 Å². The number of carboxylic acids is 1. The van der Waals surface area contributed by atoms with Crippen LogP contribution in [0.25, 0.3) is 10.1 Å². The predicted octanol–water partition coefficient (Wildman–Crippen LogP) is 5.22. The molecule has 3 aromatic rings. The lowest BCUT2D eigenvalue weighted by molar-refractivity contribution is -0.138. The predicted molar refractivity (Wildman–Crippen MR) is 116 cm³/mol. The third-order valence-electron chi connectivity index (χ3n) is 5.82. The smallest absolute Gasteiger partial charge is 0.310 e. The van der Waals surface area contributed by atoms with E-state index in [4.69, 9.17) is 4.74 Å². The van der Waals surface area contributed by atoms with Crippen LogP contribution < -0.4 is 4.74 Å². The third-order valence-corrected chi connectivity index (χ3v) is 6.83. The topological polar surface area (TPSA) is 62.7 Å². The van der Waals surface area contributed by atoms with E-state index in [1.807, 2.05) is 24.4 Å². The number of carbonyl (C=O) groups is 1. The second-order valence-electron chi connectivity index (χ2n) is 7.72. The van der Waals surface area contributed by atoms with Gasteiger partial charge in [-0.3, -0.25) is 14.7 Å². The molecule has 0 saturated carbocycles. The van der Waals surface area contributed by atoms with E-state index in [0.29, 0.717) is 0 Å². The van der Waals surface area contributed by atoms with E-state index in [1.165, 1.54) is 10.3 Å². The largest absolute Gasteiger partial charge is 0.487 e. The molecule has 1 aromatic carbocycles. The molecule has 1 aliphatic rings. The molecule has 0 spiro atoms. The molecule has 0 bridgehead atoms. The minimum absolute atomic E-state index is 0.0999. The second-order valence-corrected chi connectivity index (χ2v) is 8.64. The van der Waals surface area contributed by atoms with Gasteiger partial charge in [0.25, 0.3) is 0 Å². The maximum absolute atomic E-state index is 11.6. The number of carboxylic acid groups (broad SMARTS) is 1. The Balaban J connectivity index is 1.73. The van der Waals surface area contributed by atoms with Crippen molar-refractivity contribution in [2.45, 2.75) is 51.8 Å². The Kier molecular flexibility index (Phi) is 5.56. The van der Waals surface area contributed by atoms with Gasteiger partial charge in [0.05, 0.1) is 17.7 Å². The van der Waals surface area contributed by atoms with Crippen molar-refractivity contribution in [1.82, 2.24) is 9.88 Å². The molecule has 2 aromatic heterocycles. The van der Waals surface area contributed by atoms with Crippen molar-refractivity contribution in [3.8, 4) is 5.75 Å². The summed E-state index contributed by atoms with van der Waals surface area (Å²) in [6, 6.07) is 10.2. The van der Waals surface area contributed by atoms with Gasteiger partial charge in [-0.25, -0.2) is 0 Å². The minimum Gasteiger partial charge on any atom is -0.487 e. The van der Waals surface area contributed by atoms with Gasteiger partial charge >= 0.3 is 5.97 Å². The number of aliphatic carboxylic acids is 1. The molecule has 0 radical (unpaired) electrons. The van der Waals surface area contributed by atoms with Crippen molar-refractivity contribution >= 4 is 27.4 Å². The van der Waals surface area contributed by atoms with Crippen molar-refractivity contribution < 1.29 is 14.6 Å². The number of fused-ring (bicyclic) bond motifs is 2. The molecule has 29 heavy (non-hydrogen) atoms. The van der Waals surface area contributed by atoms with Crippen LogP contribution in [-0.2, 0) is 11.3 Å². The van der Waals surface area contributed by atoms with Gasteiger partial charge < -0.3 is 9.84 Å². The lowest BCUT2D eigenvalue weighted by Gasteiger charge is -2.28. The van der Waals surface area contributed by atoms with Gasteiger partial charge in [0.15, 0.2) is 0 Å². The fourth-order valence-electron chi connectivity index (χ4n) is 3.95. The molecule has 0 aliphatic carbocycles. The average Bonchev–Trinajstić information content (AvgIpc) is 3.15. The highest BCUT2D eigenvalue weighted by Gasteiger charge is 2.29. The quantitative estimate of drug-likeness (QED) is 0.625. The van der Waals surface area contributed by atoms with Gasteiger partial charge in [0, 0.05) is 24.0 Å². The summed E-state index contributed by atoms with van der Waals surface area (Å²) in [7, 11) is 0. The van der Waals surface area contributed by atoms with Crippen LogP contribution >= 0.6 is 11.3 Å². The zero-order valence-corrected chi connectivity index (χ0v) is 17.8. The van der Waals surface area contributed by atoms with E-state index in [0.717, 1.165) is 41.9 Å². The summed E-state index contributed by atoms with van der Waals surface area (Å²) in [5.41, 5.74) is 2.98. The number of nitrogens with zero attached hydrogens (tertiary/aromatic N) is 2. The lowest BCUT2D eigenvalue weighted by atomic mass is 9.97. The van der Waals surface area contributed by atoms with Crippen molar-refractivity contribution in [2.75, 3.05) is 6.54 Å². The van der Waals surface area contributed by atoms with Crippen molar-refractivity contribution in [2.24, 2.45) is 0 Å². The molecule has 5 nitrogen and oxygen atoms in total.